The largest absolute Gasteiger partial charge is 0.389 e. The molecule has 23 heavy (non-hydrogen) atoms. The van der Waals surface area contributed by atoms with Gasteiger partial charge in [-0.05, 0) is 37.1 Å². The van der Waals surface area contributed by atoms with Crippen LogP contribution < -0.4 is 0 Å². The molecule has 0 saturated carbocycles. The molecular weight excluding hydrogens is 290 g/mol. The van der Waals surface area contributed by atoms with Crippen LogP contribution in [0, 0.1) is 0 Å². The highest BCUT2D eigenvalue weighted by Gasteiger charge is 2.28. The molecular formula is C19H19NO3. The molecule has 0 atom stereocenters. The Morgan fingerprint density at radius 2 is 1.65 bits per heavy atom. The van der Waals surface area contributed by atoms with Crippen LogP contribution >= 0.6 is 0 Å². The second-order valence-electron chi connectivity index (χ2n) is 6.61. The molecule has 4 heteroatoms. The van der Waals surface area contributed by atoms with Crippen molar-refractivity contribution in [2.45, 2.75) is 19.4 Å². The van der Waals surface area contributed by atoms with E-state index in [1.54, 1.807) is 39.1 Å². The minimum atomic E-state index is -0.965. The van der Waals surface area contributed by atoms with E-state index in [0.29, 0.717) is 16.7 Å². The summed E-state index contributed by atoms with van der Waals surface area (Å²) in [4.78, 5) is 26.5. The molecule has 1 aliphatic rings. The Balaban J connectivity index is 1.94. The predicted molar refractivity (Wildman–Crippen MR) is 88.6 cm³/mol. The van der Waals surface area contributed by atoms with Crippen LogP contribution in [-0.4, -0.2) is 40.9 Å². The molecule has 1 N–H and O–H groups in total. The molecule has 4 nitrogen and oxygen atoms in total. The molecule has 2 aromatic rings. The third kappa shape index (κ3) is 2.78. The number of ketones is 1. The molecule has 0 fully saturated rings. The summed E-state index contributed by atoms with van der Waals surface area (Å²) >= 11 is 0. The van der Waals surface area contributed by atoms with E-state index < -0.39 is 5.60 Å². The highest BCUT2D eigenvalue weighted by molar-refractivity contribution is 6.22. The van der Waals surface area contributed by atoms with Gasteiger partial charge in [-0.15, -0.1) is 0 Å². The van der Waals surface area contributed by atoms with Gasteiger partial charge in [-0.2, -0.15) is 0 Å². The Bertz CT molecular complexity index is 803. The SMILES string of the molecule is CN(CC(C)(C)O)C(=O)c1ccc2c(c1)C(=O)c1ccccc1-2. The van der Waals surface area contributed by atoms with Gasteiger partial charge < -0.3 is 10.0 Å². The third-order valence-corrected chi connectivity index (χ3v) is 3.94. The molecule has 0 aliphatic heterocycles. The summed E-state index contributed by atoms with van der Waals surface area (Å²) in [6.07, 6.45) is 0. The topological polar surface area (TPSA) is 57.6 Å². The number of rotatable bonds is 3. The van der Waals surface area contributed by atoms with Crippen molar-refractivity contribution in [1.82, 2.24) is 4.90 Å². The zero-order chi connectivity index (χ0) is 16.8. The summed E-state index contributed by atoms with van der Waals surface area (Å²) in [6, 6.07) is 12.7. The van der Waals surface area contributed by atoms with Gasteiger partial charge in [0, 0.05) is 30.3 Å². The number of amides is 1. The van der Waals surface area contributed by atoms with Gasteiger partial charge >= 0.3 is 0 Å². The second kappa shape index (κ2) is 5.32. The number of carbonyl (C=O) groups excluding carboxylic acids is 2. The summed E-state index contributed by atoms with van der Waals surface area (Å²) in [7, 11) is 1.64. The van der Waals surface area contributed by atoms with Crippen molar-refractivity contribution < 1.29 is 14.7 Å². The lowest BCUT2D eigenvalue weighted by Crippen LogP contribution is -2.39. The number of aliphatic hydroxyl groups is 1. The second-order valence-corrected chi connectivity index (χ2v) is 6.61. The minimum Gasteiger partial charge on any atom is -0.389 e. The first-order valence-electron chi connectivity index (χ1n) is 7.54. The third-order valence-electron chi connectivity index (χ3n) is 3.94. The lowest BCUT2D eigenvalue weighted by Gasteiger charge is -2.25. The van der Waals surface area contributed by atoms with Gasteiger partial charge in [-0.1, -0.05) is 30.3 Å². The normalized spacial score (nSPS) is 12.8. The van der Waals surface area contributed by atoms with Crippen LogP contribution in [0.5, 0.6) is 0 Å². The van der Waals surface area contributed by atoms with Crippen LogP contribution in [0.15, 0.2) is 42.5 Å². The first-order chi connectivity index (χ1) is 10.8. The predicted octanol–water partition coefficient (Wildman–Crippen LogP) is 2.74. The fraction of sp³-hybridized carbons (Fsp3) is 0.263. The summed E-state index contributed by atoms with van der Waals surface area (Å²) in [6.45, 7) is 3.52. The van der Waals surface area contributed by atoms with Gasteiger partial charge in [0.05, 0.1) is 5.60 Å². The zero-order valence-corrected chi connectivity index (χ0v) is 13.5. The van der Waals surface area contributed by atoms with Crippen molar-refractivity contribution >= 4 is 11.7 Å². The van der Waals surface area contributed by atoms with Crippen molar-refractivity contribution in [2.24, 2.45) is 0 Å². The van der Waals surface area contributed by atoms with Crippen molar-refractivity contribution in [1.29, 1.82) is 0 Å². The first-order valence-corrected chi connectivity index (χ1v) is 7.54. The highest BCUT2D eigenvalue weighted by atomic mass is 16.3. The Kier molecular flexibility index (Phi) is 3.57. The van der Waals surface area contributed by atoms with E-state index in [9.17, 15) is 14.7 Å². The lowest BCUT2D eigenvalue weighted by molar-refractivity contribution is 0.0368. The quantitative estimate of drug-likeness (QED) is 0.809. The first kappa shape index (κ1) is 15.4. The van der Waals surface area contributed by atoms with Gasteiger partial charge in [-0.25, -0.2) is 0 Å². The average Bonchev–Trinajstić information content (AvgIpc) is 2.78. The summed E-state index contributed by atoms with van der Waals surface area (Å²) in [5.74, 6) is -0.255. The van der Waals surface area contributed by atoms with Crippen molar-refractivity contribution in [3.8, 4) is 11.1 Å². The summed E-state index contributed by atoms with van der Waals surface area (Å²) in [5, 5.41) is 9.85. The number of likely N-dealkylation sites (N-methyl/N-ethyl adjacent to an activating group) is 1. The van der Waals surface area contributed by atoms with Crippen molar-refractivity contribution in [2.75, 3.05) is 13.6 Å². The van der Waals surface area contributed by atoms with Gasteiger partial charge in [0.15, 0.2) is 5.78 Å². The molecule has 0 unspecified atom stereocenters. The van der Waals surface area contributed by atoms with Crippen LogP contribution in [0.1, 0.15) is 40.1 Å². The maximum Gasteiger partial charge on any atom is 0.253 e. The van der Waals surface area contributed by atoms with Gasteiger partial charge in [-0.3, -0.25) is 9.59 Å². The van der Waals surface area contributed by atoms with Crippen LogP contribution in [-0.2, 0) is 0 Å². The van der Waals surface area contributed by atoms with E-state index in [-0.39, 0.29) is 18.2 Å². The Morgan fingerprint density at radius 1 is 1.04 bits per heavy atom. The molecule has 0 bridgehead atoms. The van der Waals surface area contributed by atoms with Crippen molar-refractivity contribution in [3.63, 3.8) is 0 Å². The zero-order valence-electron chi connectivity index (χ0n) is 13.5. The number of hydrogen-bond donors (Lipinski definition) is 1. The van der Waals surface area contributed by atoms with Gasteiger partial charge in [0.25, 0.3) is 5.91 Å². The van der Waals surface area contributed by atoms with Gasteiger partial charge in [0.1, 0.15) is 0 Å². The van der Waals surface area contributed by atoms with E-state index in [1.807, 2.05) is 24.3 Å². The van der Waals surface area contributed by atoms with Crippen LogP contribution in [0.4, 0.5) is 0 Å². The summed E-state index contributed by atoms with van der Waals surface area (Å²) in [5.41, 5.74) is 2.51. The molecule has 0 aromatic heterocycles. The van der Waals surface area contributed by atoms with Gasteiger partial charge in [0.2, 0.25) is 0 Å². The molecule has 2 aromatic carbocycles. The number of benzene rings is 2. The molecule has 1 amide bonds. The number of carbonyl (C=O) groups is 2. The van der Waals surface area contributed by atoms with E-state index >= 15 is 0 Å². The fourth-order valence-electron chi connectivity index (χ4n) is 3.03. The van der Waals surface area contributed by atoms with E-state index in [0.717, 1.165) is 11.1 Å². The number of hydrogen-bond acceptors (Lipinski definition) is 3. The lowest BCUT2D eigenvalue weighted by atomic mass is 10.0. The Labute approximate surface area is 135 Å². The maximum atomic E-state index is 12.5. The van der Waals surface area contributed by atoms with E-state index in [4.69, 9.17) is 0 Å². The van der Waals surface area contributed by atoms with Crippen LogP contribution in [0.2, 0.25) is 0 Å². The van der Waals surface area contributed by atoms with E-state index in [1.165, 1.54) is 4.90 Å². The summed E-state index contributed by atoms with van der Waals surface area (Å²) < 4.78 is 0. The maximum absolute atomic E-state index is 12.5. The van der Waals surface area contributed by atoms with Crippen molar-refractivity contribution in [3.05, 3.63) is 59.2 Å². The van der Waals surface area contributed by atoms with Crippen LogP contribution in [0.25, 0.3) is 11.1 Å². The monoisotopic (exact) mass is 309 g/mol. The molecule has 1 aliphatic carbocycles. The molecule has 0 spiro atoms. The highest BCUT2D eigenvalue weighted by Crippen LogP contribution is 2.36. The Hall–Kier alpha value is -2.46. The molecule has 118 valence electrons. The number of nitrogens with zero attached hydrogens (tertiary/aromatic N) is 1. The average molecular weight is 309 g/mol. The van der Waals surface area contributed by atoms with Crippen LogP contribution in [0.3, 0.4) is 0 Å². The smallest absolute Gasteiger partial charge is 0.253 e. The molecule has 0 saturated heterocycles. The molecule has 0 radical (unpaired) electrons. The molecule has 3 rings (SSSR count). The minimum absolute atomic E-state index is 0.0459. The standard InChI is InChI=1S/C19H19NO3/c1-19(2,23)11-20(3)18(22)12-8-9-14-13-6-4-5-7-15(13)17(21)16(14)10-12/h4-10,23H,11H2,1-3H3. The van der Waals surface area contributed by atoms with E-state index in [2.05, 4.69) is 0 Å². The fourth-order valence-corrected chi connectivity index (χ4v) is 3.03. The Morgan fingerprint density at radius 3 is 2.30 bits per heavy atom. The number of fused-ring (bicyclic) bond motifs is 3. The molecule has 0 heterocycles.